The lowest BCUT2D eigenvalue weighted by atomic mass is 9.89. The lowest BCUT2D eigenvalue weighted by molar-refractivity contribution is -0.144. The normalized spacial score (nSPS) is 31.1. The van der Waals surface area contributed by atoms with E-state index in [0.717, 1.165) is 56.7 Å². The molecule has 2 aromatic rings. The molecular formula is C26H32INO3. The number of halogens is 1. The molecule has 2 aromatic carbocycles. The molecule has 2 aliphatic heterocycles. The summed E-state index contributed by atoms with van der Waals surface area (Å²) in [5, 5.41) is 12.0. The number of aliphatic carboxylic acids is 1. The minimum absolute atomic E-state index is 0.155. The third-order valence-electron chi connectivity index (χ3n) is 7.84. The zero-order valence-corrected chi connectivity index (χ0v) is 20.4. The Balaban J connectivity index is 1.30. The number of carboxylic acid groups (broad SMARTS) is 1. The number of hydrogen-bond donors (Lipinski definition) is 1. The number of carboxylic acids is 1. The van der Waals surface area contributed by atoms with E-state index < -0.39 is 5.97 Å². The first-order valence-corrected chi connectivity index (χ1v) is 12.9. The van der Waals surface area contributed by atoms with Crippen molar-refractivity contribution in [2.24, 2.45) is 11.8 Å². The molecule has 166 valence electrons. The minimum atomic E-state index is -0.613. The van der Waals surface area contributed by atoms with Gasteiger partial charge in [-0.1, -0.05) is 25.1 Å². The Morgan fingerprint density at radius 2 is 1.77 bits per heavy atom. The predicted molar refractivity (Wildman–Crippen MR) is 131 cm³/mol. The zero-order valence-electron chi connectivity index (χ0n) is 18.2. The monoisotopic (exact) mass is 533 g/mol. The van der Waals surface area contributed by atoms with Crippen molar-refractivity contribution in [1.29, 1.82) is 0 Å². The van der Waals surface area contributed by atoms with Gasteiger partial charge in [-0.2, -0.15) is 0 Å². The maximum Gasteiger partial charge on any atom is 0.306 e. The van der Waals surface area contributed by atoms with Crippen molar-refractivity contribution in [3.63, 3.8) is 0 Å². The Labute approximate surface area is 198 Å². The molecule has 5 heteroatoms. The molecule has 0 spiro atoms. The van der Waals surface area contributed by atoms with Crippen molar-refractivity contribution in [2.45, 2.75) is 83.0 Å². The Morgan fingerprint density at radius 1 is 1.06 bits per heavy atom. The Morgan fingerprint density at radius 3 is 2.45 bits per heavy atom. The van der Waals surface area contributed by atoms with Crippen molar-refractivity contribution in [2.75, 3.05) is 0 Å². The van der Waals surface area contributed by atoms with E-state index in [4.69, 9.17) is 4.74 Å². The molecule has 5 rings (SSSR count). The van der Waals surface area contributed by atoms with Crippen molar-refractivity contribution in [3.8, 4) is 5.75 Å². The van der Waals surface area contributed by atoms with Crippen LogP contribution in [0.25, 0.3) is 10.8 Å². The summed E-state index contributed by atoms with van der Waals surface area (Å²) in [6, 6.07) is 12.0. The summed E-state index contributed by atoms with van der Waals surface area (Å²) in [6.45, 7) is 3.26. The van der Waals surface area contributed by atoms with Gasteiger partial charge in [0.05, 0.1) is 15.6 Å². The molecule has 2 bridgehead atoms. The Bertz CT molecular complexity index is 955. The van der Waals surface area contributed by atoms with Crippen LogP contribution in [-0.4, -0.2) is 34.2 Å². The molecule has 1 aliphatic carbocycles. The Kier molecular flexibility index (Phi) is 6.17. The molecule has 4 nitrogen and oxygen atoms in total. The fourth-order valence-corrected chi connectivity index (χ4v) is 6.78. The standard InChI is InChI=1S/C26H32INO3/c1-16-2-8-22(9-3-16)31-24-11-5-18-12-17(4-10-23(18)25(24)27)15-28-20-6-7-21(28)14-19(13-20)26(29)30/h4-5,10-12,16,19-22H,2-3,6-9,13-15H2,1H3,(H,29,30)/t16-,19?,20?,21?,22+. The number of benzene rings is 2. The van der Waals surface area contributed by atoms with E-state index in [1.165, 1.54) is 32.7 Å². The summed E-state index contributed by atoms with van der Waals surface area (Å²) >= 11 is 2.44. The number of hydrogen-bond acceptors (Lipinski definition) is 3. The van der Waals surface area contributed by atoms with Crippen LogP contribution in [0.4, 0.5) is 0 Å². The number of nitrogens with zero attached hydrogens (tertiary/aromatic N) is 1. The number of piperidine rings is 1. The number of ether oxygens (including phenoxy) is 1. The van der Waals surface area contributed by atoms with Crippen LogP contribution < -0.4 is 4.74 Å². The van der Waals surface area contributed by atoms with Gasteiger partial charge in [0.15, 0.2) is 0 Å². The van der Waals surface area contributed by atoms with E-state index >= 15 is 0 Å². The first-order chi connectivity index (χ1) is 15.0. The van der Waals surface area contributed by atoms with Gasteiger partial charge in [0, 0.05) is 18.6 Å². The third kappa shape index (κ3) is 4.45. The maximum absolute atomic E-state index is 11.5. The molecule has 3 fully saturated rings. The number of fused-ring (bicyclic) bond motifs is 3. The van der Waals surface area contributed by atoms with Crippen LogP contribution in [0.2, 0.25) is 0 Å². The van der Waals surface area contributed by atoms with E-state index in [9.17, 15) is 9.90 Å². The van der Waals surface area contributed by atoms with E-state index in [0.29, 0.717) is 18.2 Å². The highest BCUT2D eigenvalue weighted by Crippen LogP contribution is 2.40. The summed E-state index contributed by atoms with van der Waals surface area (Å²) in [6.07, 6.45) is 9.10. The quantitative estimate of drug-likeness (QED) is 0.463. The highest BCUT2D eigenvalue weighted by atomic mass is 127. The van der Waals surface area contributed by atoms with Crippen molar-refractivity contribution >= 4 is 39.3 Å². The Hall–Kier alpha value is -1.34. The summed E-state index contributed by atoms with van der Waals surface area (Å²) in [5.41, 5.74) is 1.32. The van der Waals surface area contributed by atoms with E-state index in [1.54, 1.807) is 0 Å². The van der Waals surface area contributed by atoms with Gasteiger partial charge >= 0.3 is 5.97 Å². The fourth-order valence-electron chi connectivity index (χ4n) is 5.98. The van der Waals surface area contributed by atoms with Crippen LogP contribution in [0.1, 0.15) is 63.9 Å². The van der Waals surface area contributed by atoms with Gasteiger partial charge in [-0.3, -0.25) is 9.69 Å². The van der Waals surface area contributed by atoms with Gasteiger partial charge in [0.2, 0.25) is 0 Å². The second-order valence-corrected chi connectivity index (χ2v) is 11.1. The molecule has 2 unspecified atom stereocenters. The minimum Gasteiger partial charge on any atom is -0.489 e. The molecule has 2 atom stereocenters. The van der Waals surface area contributed by atoms with Gasteiger partial charge in [0.25, 0.3) is 0 Å². The molecule has 2 heterocycles. The molecule has 31 heavy (non-hydrogen) atoms. The largest absolute Gasteiger partial charge is 0.489 e. The molecule has 1 N–H and O–H groups in total. The van der Waals surface area contributed by atoms with Crippen LogP contribution >= 0.6 is 22.6 Å². The summed E-state index contributed by atoms with van der Waals surface area (Å²) in [4.78, 5) is 14.0. The molecule has 0 aromatic heterocycles. The fraction of sp³-hybridized carbons (Fsp3) is 0.577. The van der Waals surface area contributed by atoms with Crippen LogP contribution in [0, 0.1) is 15.4 Å². The summed E-state index contributed by atoms with van der Waals surface area (Å²) in [7, 11) is 0. The van der Waals surface area contributed by atoms with Crippen molar-refractivity contribution in [1.82, 2.24) is 4.90 Å². The number of rotatable bonds is 5. The zero-order chi connectivity index (χ0) is 21.5. The van der Waals surface area contributed by atoms with E-state index in [-0.39, 0.29) is 5.92 Å². The summed E-state index contributed by atoms with van der Waals surface area (Å²) in [5.74, 6) is 1.09. The van der Waals surface area contributed by atoms with Crippen molar-refractivity contribution in [3.05, 3.63) is 39.5 Å². The smallest absolute Gasteiger partial charge is 0.306 e. The van der Waals surface area contributed by atoms with Crippen molar-refractivity contribution < 1.29 is 14.6 Å². The van der Waals surface area contributed by atoms with E-state index in [1.807, 2.05) is 0 Å². The second-order valence-electron chi connectivity index (χ2n) is 10.00. The number of carbonyl (C=O) groups is 1. The highest BCUT2D eigenvalue weighted by molar-refractivity contribution is 14.1. The molecular weight excluding hydrogens is 501 g/mol. The van der Waals surface area contributed by atoms with Gasteiger partial charge < -0.3 is 9.84 Å². The van der Waals surface area contributed by atoms with Gasteiger partial charge in [-0.15, -0.1) is 0 Å². The lowest BCUT2D eigenvalue weighted by Gasteiger charge is -2.37. The molecule has 2 saturated heterocycles. The van der Waals surface area contributed by atoms with Crippen LogP contribution in [0.5, 0.6) is 5.75 Å². The average Bonchev–Trinajstić information content (AvgIpc) is 2.98. The van der Waals surface area contributed by atoms with Gasteiger partial charge in [0.1, 0.15) is 5.75 Å². The summed E-state index contributed by atoms with van der Waals surface area (Å²) < 4.78 is 7.61. The van der Waals surface area contributed by atoms with Gasteiger partial charge in [-0.25, -0.2) is 0 Å². The first-order valence-electron chi connectivity index (χ1n) is 11.8. The molecule has 3 aliphatic rings. The maximum atomic E-state index is 11.5. The third-order valence-corrected chi connectivity index (χ3v) is 8.95. The highest BCUT2D eigenvalue weighted by Gasteiger charge is 2.42. The lowest BCUT2D eigenvalue weighted by Crippen LogP contribution is -2.44. The second kappa shape index (κ2) is 8.89. The van der Waals surface area contributed by atoms with Gasteiger partial charge in [-0.05, 0) is 108 Å². The van der Waals surface area contributed by atoms with E-state index in [2.05, 4.69) is 64.7 Å². The molecule has 0 radical (unpaired) electrons. The SMILES string of the molecule is C[C@H]1CC[C@@H](Oc2ccc3cc(CN4C5CCC4CC(C(=O)O)C5)ccc3c2I)CC1. The predicted octanol–water partition coefficient (Wildman–Crippen LogP) is 6.23. The molecule has 0 amide bonds. The first kappa shape index (κ1) is 21.5. The van der Waals surface area contributed by atoms with Crippen LogP contribution in [0.15, 0.2) is 30.3 Å². The topological polar surface area (TPSA) is 49.8 Å². The van der Waals surface area contributed by atoms with Crippen LogP contribution in [0.3, 0.4) is 0 Å². The average molecular weight is 533 g/mol. The molecule has 1 saturated carbocycles. The van der Waals surface area contributed by atoms with Crippen LogP contribution in [-0.2, 0) is 11.3 Å².